The summed E-state index contributed by atoms with van der Waals surface area (Å²) in [5.41, 5.74) is -1.96. The second-order valence-electron chi connectivity index (χ2n) is 21.9. The van der Waals surface area contributed by atoms with Crippen LogP contribution in [0.2, 0.25) is 0 Å². The largest absolute Gasteiger partial charge is 0.461 e. The van der Waals surface area contributed by atoms with Crippen molar-refractivity contribution < 1.29 is 53.3 Å². The van der Waals surface area contributed by atoms with Crippen LogP contribution in [0.15, 0.2) is 0 Å². The van der Waals surface area contributed by atoms with Crippen molar-refractivity contribution in [2.75, 3.05) is 28.3 Å². The van der Waals surface area contributed by atoms with Crippen LogP contribution in [-0.4, -0.2) is 122 Å². The third kappa shape index (κ3) is 16.6. The average Bonchev–Trinajstić information content (AvgIpc) is 3.15. The van der Waals surface area contributed by atoms with E-state index in [0.717, 1.165) is 12.8 Å². The van der Waals surface area contributed by atoms with Crippen molar-refractivity contribution in [1.82, 2.24) is 5.32 Å². The summed E-state index contributed by atoms with van der Waals surface area (Å²) in [5.74, 6) is -1.29. The van der Waals surface area contributed by atoms with E-state index in [1.807, 2.05) is 76.4 Å². The molecule has 3 heterocycles. The molecule has 3 rings (SSSR count). The van der Waals surface area contributed by atoms with E-state index in [1.165, 1.54) is 0 Å². The van der Waals surface area contributed by atoms with Gasteiger partial charge in [-0.15, -0.1) is 0 Å². The minimum atomic E-state index is -0.910. The van der Waals surface area contributed by atoms with Crippen LogP contribution in [0.3, 0.4) is 0 Å². The van der Waals surface area contributed by atoms with Gasteiger partial charge in [-0.1, -0.05) is 96.9 Å². The monoisotopic (exact) mass is 876 g/mol. The quantitative estimate of drug-likeness (QED) is 0.196. The van der Waals surface area contributed by atoms with E-state index in [9.17, 15) is 24.9 Å². The zero-order chi connectivity index (χ0) is 48.2. The topological polar surface area (TPSA) is 162 Å². The van der Waals surface area contributed by atoms with Gasteiger partial charge in [0.25, 0.3) is 0 Å². The number of rotatable bonds is 5. The fourth-order valence-corrected chi connectivity index (χ4v) is 9.38. The van der Waals surface area contributed by atoms with Crippen LogP contribution in [0.25, 0.3) is 0 Å². The van der Waals surface area contributed by atoms with Crippen molar-refractivity contribution in [1.29, 1.82) is 0 Å². The standard InChI is InChI=1S/C26H48O5.C11H22O4.C10H20O2.C2H7N/c1-13-19-26(10,11)21(28)16(3)20(27)15(2)14-24(6,7)22(30-12)17(4)25(8,9)18(5)23(29)31-19;1-7(2)14-9-6-11(4,13-5)10(12)8(3)15-9;1-7-5-6-8(11)9(12-7)10(2,3)4;1-3-2/h15-19,21-22,28H,13-14H2,1-12H3;7-10,12H,6H2,1-5H3;7-9,11H,5-6H2,1-4H3;3H,1-2H3. The Bertz CT molecular complexity index is 1280. The number of ketones is 1. The van der Waals surface area contributed by atoms with Crippen LogP contribution in [0, 0.1) is 45.3 Å². The molecule has 3 aliphatic heterocycles. The molecular weight excluding hydrogens is 779 g/mol. The number of carbonyl (C=O) groups excluding carboxylic acids is 2. The van der Waals surface area contributed by atoms with Gasteiger partial charge in [-0.2, -0.15) is 0 Å². The Kier molecular flexibility index (Phi) is 24.4. The second-order valence-corrected chi connectivity index (χ2v) is 21.9. The maximum absolute atomic E-state index is 13.3. The predicted molar refractivity (Wildman–Crippen MR) is 245 cm³/mol. The van der Waals surface area contributed by atoms with Gasteiger partial charge >= 0.3 is 5.97 Å². The summed E-state index contributed by atoms with van der Waals surface area (Å²) in [4.78, 5) is 26.6. The molecular formula is C49H97NO11. The molecule has 3 saturated heterocycles. The molecule has 0 bridgehead atoms. The number of nitrogens with one attached hydrogen (secondary N) is 1. The van der Waals surface area contributed by atoms with Gasteiger partial charge in [-0.3, -0.25) is 9.59 Å². The highest BCUT2D eigenvalue weighted by molar-refractivity contribution is 5.83. The summed E-state index contributed by atoms with van der Waals surface area (Å²) < 4.78 is 34.2. The number of methoxy groups -OCH3 is 2. The van der Waals surface area contributed by atoms with Gasteiger partial charge in [0, 0.05) is 37.9 Å². The Balaban J connectivity index is 0.000000983. The van der Waals surface area contributed by atoms with Crippen LogP contribution < -0.4 is 5.32 Å². The molecule has 0 radical (unpaired) electrons. The van der Waals surface area contributed by atoms with Crippen molar-refractivity contribution in [2.45, 2.75) is 230 Å². The van der Waals surface area contributed by atoms with Crippen molar-refractivity contribution in [3.8, 4) is 0 Å². The van der Waals surface area contributed by atoms with E-state index in [2.05, 4.69) is 67.6 Å². The first-order valence-corrected chi connectivity index (χ1v) is 23.1. The smallest absolute Gasteiger partial charge is 0.309 e. The van der Waals surface area contributed by atoms with Gasteiger partial charge < -0.3 is 49.1 Å². The summed E-state index contributed by atoms with van der Waals surface area (Å²) in [5, 5.41) is 33.6. The number of esters is 1. The number of aliphatic hydroxyl groups is 3. The molecule has 0 aliphatic carbocycles. The van der Waals surface area contributed by atoms with Crippen molar-refractivity contribution >= 4 is 11.8 Å². The molecule has 4 N–H and O–H groups in total. The molecule has 0 aromatic heterocycles. The molecule has 364 valence electrons. The number of cyclic esters (lactones) is 1. The Hall–Kier alpha value is -1.22. The van der Waals surface area contributed by atoms with Crippen molar-refractivity contribution in [3.63, 3.8) is 0 Å². The summed E-state index contributed by atoms with van der Waals surface area (Å²) in [6, 6.07) is 0. The van der Waals surface area contributed by atoms with Gasteiger partial charge in [-0.25, -0.2) is 0 Å². The first kappa shape index (κ1) is 59.8. The zero-order valence-electron chi connectivity index (χ0n) is 43.2. The Morgan fingerprint density at radius 1 is 0.820 bits per heavy atom. The number of carbonyl (C=O) groups is 2. The Morgan fingerprint density at radius 2 is 1.34 bits per heavy atom. The number of aliphatic hydroxyl groups excluding tert-OH is 3. The number of hydrogen-bond acceptors (Lipinski definition) is 12. The number of Topliss-reactive ketones (excluding diaryl/α,β-unsaturated/α-hetero) is 1. The highest BCUT2D eigenvalue weighted by Crippen LogP contribution is 2.47. The highest BCUT2D eigenvalue weighted by atomic mass is 16.7. The van der Waals surface area contributed by atoms with Crippen molar-refractivity contribution in [3.05, 3.63) is 0 Å². The van der Waals surface area contributed by atoms with E-state index in [0.29, 0.717) is 25.4 Å². The highest BCUT2D eigenvalue weighted by Gasteiger charge is 2.50. The summed E-state index contributed by atoms with van der Waals surface area (Å²) in [7, 11) is 7.06. The summed E-state index contributed by atoms with van der Waals surface area (Å²) in [6.45, 7) is 38.0. The fraction of sp³-hybridized carbons (Fsp3) is 0.959. The zero-order valence-corrected chi connectivity index (χ0v) is 43.2. The van der Waals surface area contributed by atoms with E-state index < -0.39 is 35.2 Å². The number of hydrogen-bond donors (Lipinski definition) is 4. The van der Waals surface area contributed by atoms with Crippen LogP contribution in [0.4, 0.5) is 0 Å². The SMILES string of the molecule is CC1CCC(O)C(C(C)(C)C)O1.CCC1OC(=O)C(C)C(C)(C)C(C)C(OC)C(C)(C)CC(C)C(=O)C(C)C(O)C1(C)C.CNC.COC1(C)CC(OC(C)C)OC(C)C1O. The van der Waals surface area contributed by atoms with Crippen molar-refractivity contribution in [2.24, 2.45) is 45.3 Å². The summed E-state index contributed by atoms with van der Waals surface area (Å²) in [6.07, 6.45) is 1.05. The van der Waals surface area contributed by atoms with Crippen LogP contribution in [0.5, 0.6) is 0 Å². The molecule has 0 spiro atoms. The molecule has 0 aromatic carbocycles. The third-order valence-corrected chi connectivity index (χ3v) is 13.9. The molecule has 3 fully saturated rings. The molecule has 0 aromatic rings. The van der Waals surface area contributed by atoms with Gasteiger partial charge in [0.05, 0.1) is 54.2 Å². The lowest BCUT2D eigenvalue weighted by molar-refractivity contribution is -0.285. The third-order valence-electron chi connectivity index (χ3n) is 13.9. The molecule has 14 atom stereocenters. The van der Waals surface area contributed by atoms with Gasteiger partial charge in [0.15, 0.2) is 6.29 Å². The first-order chi connectivity index (χ1) is 27.7. The molecule has 61 heavy (non-hydrogen) atoms. The minimum Gasteiger partial charge on any atom is -0.461 e. The normalized spacial score (nSPS) is 38.2. The molecule has 3 aliphatic rings. The lowest BCUT2D eigenvalue weighted by Gasteiger charge is -2.48. The number of ether oxygens (including phenoxy) is 6. The summed E-state index contributed by atoms with van der Waals surface area (Å²) >= 11 is 0. The van der Waals surface area contributed by atoms with Crippen LogP contribution in [0.1, 0.15) is 164 Å². The lowest BCUT2D eigenvalue weighted by Crippen LogP contribution is -2.56. The maximum atomic E-state index is 13.3. The Labute approximate surface area is 373 Å². The van der Waals surface area contributed by atoms with E-state index >= 15 is 0 Å². The van der Waals surface area contributed by atoms with E-state index in [4.69, 9.17) is 28.4 Å². The van der Waals surface area contributed by atoms with E-state index in [1.54, 1.807) is 21.1 Å². The Morgan fingerprint density at radius 3 is 1.77 bits per heavy atom. The molecule has 12 nitrogen and oxygen atoms in total. The molecule has 14 unspecified atom stereocenters. The fourth-order valence-electron chi connectivity index (χ4n) is 9.38. The maximum Gasteiger partial charge on any atom is 0.309 e. The van der Waals surface area contributed by atoms with Gasteiger partial charge in [-0.05, 0) is 96.6 Å². The van der Waals surface area contributed by atoms with Crippen LogP contribution >= 0.6 is 0 Å². The van der Waals surface area contributed by atoms with Crippen LogP contribution in [-0.2, 0) is 38.0 Å². The second kappa shape index (κ2) is 24.9. The molecule has 0 amide bonds. The van der Waals surface area contributed by atoms with E-state index in [-0.39, 0.29) is 82.6 Å². The minimum absolute atomic E-state index is 0.00116. The van der Waals surface area contributed by atoms with Gasteiger partial charge in [0.1, 0.15) is 18.0 Å². The van der Waals surface area contributed by atoms with Gasteiger partial charge in [0.2, 0.25) is 0 Å². The lowest BCUT2D eigenvalue weighted by atomic mass is 9.62. The molecule has 0 saturated carbocycles. The first-order valence-electron chi connectivity index (χ1n) is 23.1. The average molecular weight is 876 g/mol. The molecule has 12 heteroatoms. The predicted octanol–water partition coefficient (Wildman–Crippen LogP) is 8.39.